The molecule has 2 aromatic rings. The average Bonchev–Trinajstić information content (AvgIpc) is 2.57. The highest BCUT2D eigenvalue weighted by Crippen LogP contribution is 2.15. The summed E-state index contributed by atoms with van der Waals surface area (Å²) in [5.41, 5.74) is 0.773. The molecule has 0 fully saturated rings. The predicted molar refractivity (Wildman–Crippen MR) is 91.1 cm³/mol. The molecule has 1 amide bonds. The van der Waals surface area contributed by atoms with Crippen LogP contribution in [0.15, 0.2) is 60.7 Å². The van der Waals surface area contributed by atoms with Gasteiger partial charge in [0.15, 0.2) is 0 Å². The number of amides is 1. The standard InChI is InChI=1S/C11H15NO2S.C6H6/c1-8(7-15)11(13)12-9-3-5-10(14-2)6-4-9;1-2-4-6-5-3-1/h3-6,8,15H,7H2,1-2H3,(H,12,13);1-6H. The summed E-state index contributed by atoms with van der Waals surface area (Å²) in [7, 11) is 1.61. The molecule has 0 saturated heterocycles. The zero-order valence-corrected chi connectivity index (χ0v) is 13.2. The molecule has 21 heavy (non-hydrogen) atoms. The largest absolute Gasteiger partial charge is 0.497 e. The van der Waals surface area contributed by atoms with E-state index in [2.05, 4.69) is 17.9 Å². The monoisotopic (exact) mass is 303 g/mol. The minimum Gasteiger partial charge on any atom is -0.497 e. The van der Waals surface area contributed by atoms with Gasteiger partial charge in [-0.25, -0.2) is 0 Å². The van der Waals surface area contributed by atoms with Crippen LogP contribution in [0.25, 0.3) is 0 Å². The van der Waals surface area contributed by atoms with Gasteiger partial charge in [0.25, 0.3) is 0 Å². The molecular weight excluding hydrogens is 282 g/mol. The minimum absolute atomic E-state index is 0.0184. The molecule has 1 unspecified atom stereocenters. The molecule has 0 aliphatic rings. The molecule has 112 valence electrons. The van der Waals surface area contributed by atoms with Crippen molar-refractivity contribution >= 4 is 24.2 Å². The van der Waals surface area contributed by atoms with E-state index in [-0.39, 0.29) is 11.8 Å². The number of carbonyl (C=O) groups excluding carboxylic acids is 1. The highest BCUT2D eigenvalue weighted by Gasteiger charge is 2.10. The van der Waals surface area contributed by atoms with E-state index in [1.165, 1.54) is 0 Å². The van der Waals surface area contributed by atoms with Crippen LogP contribution in [-0.4, -0.2) is 18.8 Å². The van der Waals surface area contributed by atoms with Gasteiger partial charge in [-0.15, -0.1) is 0 Å². The maximum Gasteiger partial charge on any atom is 0.228 e. The van der Waals surface area contributed by atoms with Crippen molar-refractivity contribution < 1.29 is 9.53 Å². The Morgan fingerprint density at radius 3 is 1.95 bits per heavy atom. The van der Waals surface area contributed by atoms with Crippen LogP contribution in [0.5, 0.6) is 5.75 Å². The van der Waals surface area contributed by atoms with E-state index < -0.39 is 0 Å². The fraction of sp³-hybridized carbons (Fsp3) is 0.235. The van der Waals surface area contributed by atoms with E-state index in [0.717, 1.165) is 11.4 Å². The maximum atomic E-state index is 11.5. The zero-order valence-electron chi connectivity index (χ0n) is 12.3. The van der Waals surface area contributed by atoms with Crippen LogP contribution in [0.2, 0.25) is 0 Å². The number of ether oxygens (including phenoxy) is 1. The lowest BCUT2D eigenvalue weighted by Gasteiger charge is -2.09. The van der Waals surface area contributed by atoms with E-state index in [4.69, 9.17) is 4.74 Å². The second-order valence-electron chi connectivity index (χ2n) is 4.46. The van der Waals surface area contributed by atoms with Gasteiger partial charge in [0.2, 0.25) is 5.91 Å². The fourth-order valence-corrected chi connectivity index (χ4v) is 1.57. The minimum atomic E-state index is -0.0876. The Morgan fingerprint density at radius 1 is 1.10 bits per heavy atom. The molecule has 3 nitrogen and oxygen atoms in total. The molecule has 0 aliphatic carbocycles. The smallest absolute Gasteiger partial charge is 0.228 e. The van der Waals surface area contributed by atoms with Crippen molar-refractivity contribution in [3.8, 4) is 5.75 Å². The fourth-order valence-electron chi connectivity index (χ4n) is 1.41. The lowest BCUT2D eigenvalue weighted by Crippen LogP contribution is -2.21. The Morgan fingerprint density at radius 2 is 1.57 bits per heavy atom. The van der Waals surface area contributed by atoms with Gasteiger partial charge < -0.3 is 10.1 Å². The number of benzene rings is 2. The Kier molecular flexibility index (Phi) is 8.05. The van der Waals surface area contributed by atoms with Crippen LogP contribution in [-0.2, 0) is 4.79 Å². The number of anilines is 1. The van der Waals surface area contributed by atoms with Crippen LogP contribution in [0, 0.1) is 5.92 Å². The Hall–Kier alpha value is -1.94. The number of carbonyl (C=O) groups is 1. The molecule has 0 saturated carbocycles. The van der Waals surface area contributed by atoms with Crippen LogP contribution >= 0.6 is 12.6 Å². The topological polar surface area (TPSA) is 38.3 Å². The molecule has 1 atom stereocenters. The molecule has 0 radical (unpaired) electrons. The summed E-state index contributed by atoms with van der Waals surface area (Å²) in [6, 6.07) is 19.2. The average molecular weight is 303 g/mol. The molecule has 0 bridgehead atoms. The SMILES string of the molecule is COc1ccc(NC(=O)C(C)CS)cc1.c1ccccc1. The van der Waals surface area contributed by atoms with E-state index in [1.807, 2.05) is 55.5 Å². The number of methoxy groups -OCH3 is 1. The number of hydrogen-bond acceptors (Lipinski definition) is 3. The molecule has 1 N–H and O–H groups in total. The molecule has 2 rings (SSSR count). The van der Waals surface area contributed by atoms with Gasteiger partial charge in [-0.2, -0.15) is 12.6 Å². The first-order valence-corrected chi connectivity index (χ1v) is 7.36. The number of nitrogens with one attached hydrogen (secondary N) is 1. The summed E-state index contributed by atoms with van der Waals surface area (Å²) in [6.45, 7) is 1.84. The van der Waals surface area contributed by atoms with E-state index >= 15 is 0 Å². The van der Waals surface area contributed by atoms with Crippen molar-refractivity contribution in [2.75, 3.05) is 18.2 Å². The molecule has 0 spiro atoms. The van der Waals surface area contributed by atoms with Gasteiger partial charge in [-0.1, -0.05) is 43.3 Å². The summed E-state index contributed by atoms with van der Waals surface area (Å²) in [4.78, 5) is 11.5. The third-order valence-electron chi connectivity index (χ3n) is 2.75. The maximum absolute atomic E-state index is 11.5. The lowest BCUT2D eigenvalue weighted by atomic mass is 10.2. The normalized spacial score (nSPS) is 10.8. The summed E-state index contributed by atoms with van der Waals surface area (Å²) >= 11 is 4.07. The molecule has 2 aromatic carbocycles. The van der Waals surface area contributed by atoms with Gasteiger partial charge in [0, 0.05) is 17.4 Å². The van der Waals surface area contributed by atoms with E-state index in [0.29, 0.717) is 5.75 Å². The molecule has 4 heteroatoms. The van der Waals surface area contributed by atoms with Crippen molar-refractivity contribution in [1.29, 1.82) is 0 Å². The first-order chi connectivity index (χ1) is 10.2. The number of thiol groups is 1. The summed E-state index contributed by atoms with van der Waals surface area (Å²) in [6.07, 6.45) is 0. The van der Waals surface area contributed by atoms with E-state index in [9.17, 15) is 4.79 Å². The highest BCUT2D eigenvalue weighted by molar-refractivity contribution is 7.80. The Balaban J connectivity index is 0.000000304. The second-order valence-corrected chi connectivity index (χ2v) is 4.82. The second kappa shape index (κ2) is 9.88. The van der Waals surface area contributed by atoms with E-state index in [1.54, 1.807) is 19.2 Å². The number of hydrogen-bond donors (Lipinski definition) is 2. The van der Waals surface area contributed by atoms with Crippen molar-refractivity contribution in [3.63, 3.8) is 0 Å². The molecular formula is C17H21NO2S. The van der Waals surface area contributed by atoms with Gasteiger partial charge in [-0.05, 0) is 24.3 Å². The first kappa shape index (κ1) is 17.1. The van der Waals surface area contributed by atoms with Crippen molar-refractivity contribution in [2.24, 2.45) is 5.92 Å². The zero-order chi connectivity index (χ0) is 15.5. The van der Waals surface area contributed by atoms with Gasteiger partial charge >= 0.3 is 0 Å². The summed E-state index contributed by atoms with van der Waals surface area (Å²) in [5, 5.41) is 2.80. The third kappa shape index (κ3) is 6.86. The van der Waals surface area contributed by atoms with Crippen LogP contribution in [0.3, 0.4) is 0 Å². The van der Waals surface area contributed by atoms with Crippen molar-refractivity contribution in [1.82, 2.24) is 0 Å². The third-order valence-corrected chi connectivity index (χ3v) is 3.29. The summed E-state index contributed by atoms with van der Waals surface area (Å²) < 4.78 is 5.02. The quantitative estimate of drug-likeness (QED) is 0.841. The Labute approximate surface area is 131 Å². The molecule has 0 aromatic heterocycles. The summed E-state index contributed by atoms with van der Waals surface area (Å²) in [5.74, 6) is 1.21. The highest BCUT2D eigenvalue weighted by atomic mass is 32.1. The Bertz CT molecular complexity index is 487. The molecule has 0 aliphatic heterocycles. The lowest BCUT2D eigenvalue weighted by molar-refractivity contribution is -0.118. The predicted octanol–water partition coefficient (Wildman–Crippen LogP) is 3.89. The van der Waals surface area contributed by atoms with Crippen molar-refractivity contribution in [2.45, 2.75) is 6.92 Å². The van der Waals surface area contributed by atoms with Crippen LogP contribution < -0.4 is 10.1 Å². The van der Waals surface area contributed by atoms with Gasteiger partial charge in [-0.3, -0.25) is 4.79 Å². The molecule has 0 heterocycles. The van der Waals surface area contributed by atoms with Gasteiger partial charge in [0.05, 0.1) is 7.11 Å². The van der Waals surface area contributed by atoms with Crippen LogP contribution in [0.1, 0.15) is 6.92 Å². The van der Waals surface area contributed by atoms with Crippen molar-refractivity contribution in [3.05, 3.63) is 60.7 Å². The number of rotatable bonds is 4. The first-order valence-electron chi connectivity index (χ1n) is 6.73. The van der Waals surface area contributed by atoms with Crippen LogP contribution in [0.4, 0.5) is 5.69 Å². The van der Waals surface area contributed by atoms with Gasteiger partial charge in [0.1, 0.15) is 5.75 Å².